The van der Waals surface area contributed by atoms with Crippen LogP contribution in [0.2, 0.25) is 0 Å². The van der Waals surface area contributed by atoms with Gasteiger partial charge in [-0.05, 0) is 31.6 Å². The summed E-state index contributed by atoms with van der Waals surface area (Å²) in [6.45, 7) is 8.74. The van der Waals surface area contributed by atoms with Crippen molar-refractivity contribution >= 4 is 11.6 Å². The van der Waals surface area contributed by atoms with Crippen LogP contribution < -0.4 is 16.2 Å². The number of nitrogens with zero attached hydrogens (tertiary/aromatic N) is 3. The smallest absolute Gasteiger partial charge is 0.148 e. The van der Waals surface area contributed by atoms with Gasteiger partial charge in [0.1, 0.15) is 18.0 Å². The number of rotatable bonds is 4. The molecule has 0 atom stereocenters. The van der Waals surface area contributed by atoms with E-state index in [0.717, 1.165) is 24.5 Å². The van der Waals surface area contributed by atoms with Gasteiger partial charge in [0.25, 0.3) is 0 Å². The maximum absolute atomic E-state index is 5.47. The highest BCUT2D eigenvalue weighted by molar-refractivity contribution is 5.58. The molecule has 0 bridgehead atoms. The first-order valence-corrected chi connectivity index (χ1v) is 6.69. The largest absolute Gasteiger partial charge is 0.356 e. The Bertz CT molecular complexity index is 414. The summed E-state index contributed by atoms with van der Waals surface area (Å²) in [6.07, 6.45) is 5.28. The minimum Gasteiger partial charge on any atom is -0.356 e. The fourth-order valence-corrected chi connectivity index (χ4v) is 2.85. The molecule has 0 unspecified atom stereocenters. The highest BCUT2D eigenvalue weighted by Crippen LogP contribution is 2.39. The van der Waals surface area contributed by atoms with Crippen molar-refractivity contribution in [3.8, 4) is 0 Å². The van der Waals surface area contributed by atoms with Crippen LogP contribution >= 0.6 is 0 Å². The van der Waals surface area contributed by atoms with Crippen molar-refractivity contribution in [2.75, 3.05) is 23.4 Å². The molecule has 0 amide bonds. The summed E-state index contributed by atoms with van der Waals surface area (Å²) in [5.41, 5.74) is 4.11. The summed E-state index contributed by atoms with van der Waals surface area (Å²) in [4.78, 5) is 10.9. The van der Waals surface area contributed by atoms with Gasteiger partial charge in [-0.2, -0.15) is 0 Å². The molecule has 1 aliphatic heterocycles. The topological polar surface area (TPSA) is 67.1 Å². The van der Waals surface area contributed by atoms with Crippen LogP contribution in [0.3, 0.4) is 0 Å². The Hall–Kier alpha value is -1.36. The number of anilines is 2. The van der Waals surface area contributed by atoms with E-state index in [-0.39, 0.29) is 0 Å². The molecular weight excluding hydrogens is 226 g/mol. The first-order valence-electron chi connectivity index (χ1n) is 6.69. The molecule has 1 aromatic heterocycles. The molecule has 1 aromatic rings. The molecule has 1 saturated heterocycles. The van der Waals surface area contributed by atoms with E-state index >= 15 is 0 Å². The summed E-state index contributed by atoms with van der Waals surface area (Å²) >= 11 is 0. The Morgan fingerprint density at radius 2 is 2.11 bits per heavy atom. The molecule has 0 aliphatic carbocycles. The molecule has 2 heterocycles. The van der Waals surface area contributed by atoms with E-state index in [1.165, 1.54) is 19.3 Å². The number of hydrazine groups is 1. The molecule has 5 heteroatoms. The third kappa shape index (κ3) is 2.14. The Kier molecular flexibility index (Phi) is 3.71. The summed E-state index contributed by atoms with van der Waals surface area (Å²) < 4.78 is 0. The Morgan fingerprint density at radius 1 is 1.39 bits per heavy atom. The molecule has 0 spiro atoms. The highest BCUT2D eigenvalue weighted by Gasteiger charge is 2.36. The molecule has 0 aromatic carbocycles. The van der Waals surface area contributed by atoms with E-state index in [2.05, 4.69) is 34.1 Å². The molecule has 5 nitrogen and oxygen atoms in total. The molecule has 3 N–H and O–H groups in total. The molecule has 2 rings (SSSR count). The highest BCUT2D eigenvalue weighted by atomic mass is 15.3. The number of nitrogen functional groups attached to an aromatic ring is 1. The zero-order valence-corrected chi connectivity index (χ0v) is 11.5. The molecule has 0 radical (unpaired) electrons. The fraction of sp³-hybridized carbons (Fsp3) is 0.692. The number of nitrogens with one attached hydrogen (secondary N) is 1. The Morgan fingerprint density at radius 3 is 2.67 bits per heavy atom. The quantitative estimate of drug-likeness (QED) is 0.632. The standard InChI is InChI=1S/C13H23N5/c1-4-13(5-2)6-7-18(8-13)12-10(3)11(17-14)15-9-16-12/h9H,4-8,14H2,1-3H3,(H,15,16,17). The zero-order chi connectivity index (χ0) is 13.2. The monoisotopic (exact) mass is 249 g/mol. The van der Waals surface area contributed by atoms with Crippen molar-refractivity contribution < 1.29 is 0 Å². The van der Waals surface area contributed by atoms with Gasteiger partial charge in [-0.25, -0.2) is 15.8 Å². The zero-order valence-electron chi connectivity index (χ0n) is 11.5. The van der Waals surface area contributed by atoms with E-state index in [1.54, 1.807) is 6.33 Å². The number of nitrogens with two attached hydrogens (primary N) is 1. The first-order chi connectivity index (χ1) is 8.65. The van der Waals surface area contributed by atoms with Gasteiger partial charge in [0.2, 0.25) is 0 Å². The number of hydrogen-bond acceptors (Lipinski definition) is 5. The van der Waals surface area contributed by atoms with Crippen LogP contribution in [0.25, 0.3) is 0 Å². The number of aromatic nitrogens is 2. The van der Waals surface area contributed by atoms with Crippen LogP contribution in [0, 0.1) is 12.3 Å². The van der Waals surface area contributed by atoms with Gasteiger partial charge in [0, 0.05) is 18.7 Å². The summed E-state index contributed by atoms with van der Waals surface area (Å²) in [7, 11) is 0. The van der Waals surface area contributed by atoms with Gasteiger partial charge >= 0.3 is 0 Å². The van der Waals surface area contributed by atoms with Gasteiger partial charge in [-0.1, -0.05) is 13.8 Å². The first kappa shape index (κ1) is 13.1. The lowest BCUT2D eigenvalue weighted by molar-refractivity contribution is 0.301. The molecule has 100 valence electrons. The van der Waals surface area contributed by atoms with E-state index in [4.69, 9.17) is 5.84 Å². The van der Waals surface area contributed by atoms with Crippen molar-refractivity contribution in [1.82, 2.24) is 9.97 Å². The van der Waals surface area contributed by atoms with Crippen molar-refractivity contribution in [1.29, 1.82) is 0 Å². The van der Waals surface area contributed by atoms with Gasteiger partial charge in [0.05, 0.1) is 0 Å². The molecule has 1 aliphatic rings. The predicted octanol–water partition coefficient (Wildman–Crippen LogP) is 2.09. The summed E-state index contributed by atoms with van der Waals surface area (Å²) in [6, 6.07) is 0. The van der Waals surface area contributed by atoms with Crippen molar-refractivity contribution in [3.05, 3.63) is 11.9 Å². The fourth-order valence-electron chi connectivity index (χ4n) is 2.85. The van der Waals surface area contributed by atoms with E-state index in [0.29, 0.717) is 11.2 Å². The molecule has 1 fully saturated rings. The molecular formula is C13H23N5. The van der Waals surface area contributed by atoms with Crippen LogP contribution in [-0.4, -0.2) is 23.1 Å². The third-order valence-electron chi connectivity index (χ3n) is 4.43. The minimum absolute atomic E-state index is 0.452. The Balaban J connectivity index is 2.24. The average molecular weight is 249 g/mol. The van der Waals surface area contributed by atoms with Crippen LogP contribution in [0.5, 0.6) is 0 Å². The van der Waals surface area contributed by atoms with Gasteiger partial charge in [-0.15, -0.1) is 0 Å². The third-order valence-corrected chi connectivity index (χ3v) is 4.43. The maximum atomic E-state index is 5.47. The Labute approximate surface area is 109 Å². The molecule has 18 heavy (non-hydrogen) atoms. The summed E-state index contributed by atoms with van der Waals surface area (Å²) in [5, 5.41) is 0. The number of hydrogen-bond donors (Lipinski definition) is 2. The van der Waals surface area contributed by atoms with Crippen molar-refractivity contribution in [2.24, 2.45) is 11.3 Å². The SMILES string of the molecule is CCC1(CC)CCN(c2ncnc(NN)c2C)C1. The van der Waals surface area contributed by atoms with E-state index in [9.17, 15) is 0 Å². The second kappa shape index (κ2) is 5.10. The van der Waals surface area contributed by atoms with E-state index < -0.39 is 0 Å². The van der Waals surface area contributed by atoms with Gasteiger partial charge < -0.3 is 10.3 Å². The normalized spacial score (nSPS) is 18.1. The van der Waals surface area contributed by atoms with Crippen molar-refractivity contribution in [2.45, 2.75) is 40.0 Å². The van der Waals surface area contributed by atoms with Crippen LogP contribution in [0.4, 0.5) is 11.6 Å². The van der Waals surface area contributed by atoms with Crippen molar-refractivity contribution in [3.63, 3.8) is 0 Å². The van der Waals surface area contributed by atoms with E-state index in [1.807, 2.05) is 6.92 Å². The van der Waals surface area contributed by atoms with Gasteiger partial charge in [0.15, 0.2) is 0 Å². The maximum Gasteiger partial charge on any atom is 0.148 e. The lowest BCUT2D eigenvalue weighted by atomic mass is 9.82. The van der Waals surface area contributed by atoms with Crippen LogP contribution in [0.1, 0.15) is 38.7 Å². The van der Waals surface area contributed by atoms with Crippen LogP contribution in [-0.2, 0) is 0 Å². The summed E-state index contributed by atoms with van der Waals surface area (Å²) in [5.74, 6) is 7.19. The minimum atomic E-state index is 0.452. The van der Waals surface area contributed by atoms with Crippen LogP contribution in [0.15, 0.2) is 6.33 Å². The lowest BCUT2D eigenvalue weighted by Crippen LogP contribution is -2.27. The average Bonchev–Trinajstić information content (AvgIpc) is 2.84. The second-order valence-corrected chi connectivity index (χ2v) is 5.19. The predicted molar refractivity (Wildman–Crippen MR) is 74.4 cm³/mol. The second-order valence-electron chi connectivity index (χ2n) is 5.19. The lowest BCUT2D eigenvalue weighted by Gasteiger charge is -2.27. The van der Waals surface area contributed by atoms with Gasteiger partial charge in [-0.3, -0.25) is 0 Å². The molecule has 0 saturated carbocycles.